The van der Waals surface area contributed by atoms with Gasteiger partial charge < -0.3 is 14.9 Å². The topological polar surface area (TPSA) is 49.7 Å². The van der Waals surface area contributed by atoms with Crippen LogP contribution in [0.15, 0.2) is 18.2 Å². The Morgan fingerprint density at radius 2 is 1.73 bits per heavy atom. The van der Waals surface area contributed by atoms with E-state index in [1.165, 1.54) is 20.0 Å². The van der Waals surface area contributed by atoms with Crippen molar-refractivity contribution in [1.82, 2.24) is 0 Å². The zero-order valence-electron chi connectivity index (χ0n) is 16.2. The molecule has 3 heteroatoms. The third-order valence-corrected chi connectivity index (χ3v) is 4.12. The predicted molar refractivity (Wildman–Crippen MR) is 107 cm³/mol. The molecule has 0 amide bonds. The van der Waals surface area contributed by atoms with E-state index >= 15 is 0 Å². The van der Waals surface area contributed by atoms with Crippen LogP contribution in [-0.2, 0) is 0 Å². The molecule has 0 aliphatic rings. The lowest BCUT2D eigenvalue weighted by Crippen LogP contribution is -2.01. The second-order valence-corrected chi connectivity index (χ2v) is 6.44. The second-order valence-electron chi connectivity index (χ2n) is 6.44. The predicted octanol–water partition coefficient (Wildman–Crippen LogP) is 5.04. The van der Waals surface area contributed by atoms with E-state index < -0.39 is 6.10 Å². The van der Waals surface area contributed by atoms with Crippen LogP contribution in [0.3, 0.4) is 0 Å². The molecule has 0 aliphatic heterocycles. The SMILES string of the molecule is CCCCCC(O)C#CCCCCCCC#Cc1ccc(O)c(OC)c1. The molecule has 0 radical (unpaired) electrons. The third kappa shape index (κ3) is 10.0. The van der Waals surface area contributed by atoms with Crippen molar-refractivity contribution in [3.63, 3.8) is 0 Å². The van der Waals surface area contributed by atoms with Gasteiger partial charge in [-0.05, 0) is 43.9 Å². The molecule has 1 aromatic carbocycles. The monoisotopic (exact) mass is 356 g/mol. The normalized spacial score (nSPS) is 11.0. The molecular formula is C23H32O3. The quantitative estimate of drug-likeness (QED) is 0.456. The largest absolute Gasteiger partial charge is 0.504 e. The van der Waals surface area contributed by atoms with E-state index in [0.29, 0.717) is 5.75 Å². The first-order chi connectivity index (χ1) is 12.7. The zero-order chi connectivity index (χ0) is 19.0. The average Bonchev–Trinajstić information content (AvgIpc) is 2.64. The van der Waals surface area contributed by atoms with Crippen LogP contribution in [0.2, 0.25) is 0 Å². The molecule has 1 rings (SSSR count). The molecule has 0 saturated carbocycles. The molecule has 0 saturated heterocycles. The Morgan fingerprint density at radius 3 is 2.42 bits per heavy atom. The van der Waals surface area contributed by atoms with Crippen LogP contribution in [0.25, 0.3) is 0 Å². The van der Waals surface area contributed by atoms with E-state index in [2.05, 4.69) is 30.6 Å². The van der Waals surface area contributed by atoms with Gasteiger partial charge in [0.1, 0.15) is 6.10 Å². The molecule has 0 aromatic heterocycles. The molecule has 1 unspecified atom stereocenters. The van der Waals surface area contributed by atoms with Gasteiger partial charge in [0.2, 0.25) is 0 Å². The Balaban J connectivity index is 2.10. The highest BCUT2D eigenvalue weighted by Gasteiger charge is 2.00. The summed E-state index contributed by atoms with van der Waals surface area (Å²) in [6, 6.07) is 5.14. The summed E-state index contributed by atoms with van der Waals surface area (Å²) < 4.78 is 5.07. The van der Waals surface area contributed by atoms with Gasteiger partial charge in [-0.1, -0.05) is 50.4 Å². The maximum absolute atomic E-state index is 9.71. The molecule has 0 spiro atoms. The van der Waals surface area contributed by atoms with Crippen molar-refractivity contribution < 1.29 is 14.9 Å². The lowest BCUT2D eigenvalue weighted by atomic mass is 10.1. The number of ether oxygens (including phenoxy) is 1. The van der Waals surface area contributed by atoms with Crippen LogP contribution in [0, 0.1) is 23.7 Å². The van der Waals surface area contributed by atoms with Crippen molar-refractivity contribution in [2.75, 3.05) is 7.11 Å². The fourth-order valence-corrected chi connectivity index (χ4v) is 2.55. The minimum absolute atomic E-state index is 0.134. The first kappa shape index (κ1) is 21.9. The van der Waals surface area contributed by atoms with Crippen LogP contribution in [0.1, 0.15) is 76.7 Å². The number of aromatic hydroxyl groups is 1. The molecule has 142 valence electrons. The molecule has 3 nitrogen and oxygen atoms in total. The highest BCUT2D eigenvalue weighted by molar-refractivity contribution is 5.47. The lowest BCUT2D eigenvalue weighted by Gasteiger charge is -2.02. The van der Waals surface area contributed by atoms with Crippen LogP contribution >= 0.6 is 0 Å². The molecule has 1 aromatic rings. The Morgan fingerprint density at radius 1 is 1.00 bits per heavy atom. The van der Waals surface area contributed by atoms with Gasteiger partial charge in [-0.3, -0.25) is 0 Å². The summed E-state index contributed by atoms with van der Waals surface area (Å²) in [6.45, 7) is 2.16. The van der Waals surface area contributed by atoms with Crippen molar-refractivity contribution in [1.29, 1.82) is 0 Å². The van der Waals surface area contributed by atoms with Crippen molar-refractivity contribution in [3.8, 4) is 35.2 Å². The minimum Gasteiger partial charge on any atom is -0.504 e. The number of aliphatic hydroxyl groups is 1. The second kappa shape index (κ2) is 14.1. The van der Waals surface area contributed by atoms with Crippen molar-refractivity contribution >= 4 is 0 Å². The Hall–Kier alpha value is -2.10. The number of benzene rings is 1. The fraction of sp³-hybridized carbons (Fsp3) is 0.565. The first-order valence-electron chi connectivity index (χ1n) is 9.69. The molecule has 0 aliphatic carbocycles. The van der Waals surface area contributed by atoms with Crippen LogP contribution in [0.4, 0.5) is 0 Å². The molecule has 0 bridgehead atoms. The molecule has 26 heavy (non-hydrogen) atoms. The van der Waals surface area contributed by atoms with Gasteiger partial charge in [-0.25, -0.2) is 0 Å². The van der Waals surface area contributed by atoms with Gasteiger partial charge in [-0.15, -0.1) is 5.92 Å². The van der Waals surface area contributed by atoms with Gasteiger partial charge in [0.05, 0.1) is 7.11 Å². The summed E-state index contributed by atoms with van der Waals surface area (Å²) >= 11 is 0. The third-order valence-electron chi connectivity index (χ3n) is 4.12. The summed E-state index contributed by atoms with van der Waals surface area (Å²) in [5, 5.41) is 19.3. The number of hydrogen-bond donors (Lipinski definition) is 2. The number of unbranched alkanes of at least 4 members (excludes halogenated alkanes) is 7. The fourth-order valence-electron chi connectivity index (χ4n) is 2.55. The summed E-state index contributed by atoms with van der Waals surface area (Å²) in [5.74, 6) is 12.9. The molecule has 1 atom stereocenters. The first-order valence-corrected chi connectivity index (χ1v) is 9.69. The molecule has 0 heterocycles. The van der Waals surface area contributed by atoms with E-state index in [-0.39, 0.29) is 5.75 Å². The van der Waals surface area contributed by atoms with Gasteiger partial charge in [0.25, 0.3) is 0 Å². The maximum Gasteiger partial charge on any atom is 0.161 e. The highest BCUT2D eigenvalue weighted by atomic mass is 16.5. The highest BCUT2D eigenvalue weighted by Crippen LogP contribution is 2.25. The number of phenolic OH excluding ortho intramolecular Hbond substituents is 1. The summed E-state index contributed by atoms with van der Waals surface area (Å²) in [5.41, 5.74) is 0.854. The van der Waals surface area contributed by atoms with Gasteiger partial charge >= 0.3 is 0 Å². The summed E-state index contributed by atoms with van der Waals surface area (Å²) in [6.07, 6.45) is 9.94. The van der Waals surface area contributed by atoms with Gasteiger partial charge in [0, 0.05) is 18.4 Å². The Labute approximate surface area is 158 Å². The lowest BCUT2D eigenvalue weighted by molar-refractivity contribution is 0.217. The molecule has 0 fully saturated rings. The summed E-state index contributed by atoms with van der Waals surface area (Å²) in [4.78, 5) is 0. The number of methoxy groups -OCH3 is 1. The molecule has 2 N–H and O–H groups in total. The standard InChI is InChI=1S/C23H32O3/c1-3-4-11-15-21(24)16-13-10-8-6-5-7-9-12-14-20-17-18-22(25)23(19-20)26-2/h17-19,21,24-25H,3-11,15H2,1-2H3. The minimum atomic E-state index is -0.449. The van der Waals surface area contributed by atoms with E-state index in [4.69, 9.17) is 4.74 Å². The Bertz CT molecular complexity index is 628. The zero-order valence-corrected chi connectivity index (χ0v) is 16.2. The van der Waals surface area contributed by atoms with Crippen LogP contribution in [-0.4, -0.2) is 23.4 Å². The van der Waals surface area contributed by atoms with Crippen LogP contribution in [0.5, 0.6) is 11.5 Å². The van der Waals surface area contributed by atoms with Crippen molar-refractivity contribution in [3.05, 3.63) is 23.8 Å². The summed E-state index contributed by atoms with van der Waals surface area (Å²) in [7, 11) is 1.53. The average molecular weight is 357 g/mol. The van der Waals surface area contributed by atoms with Crippen LogP contribution < -0.4 is 4.74 Å². The maximum atomic E-state index is 9.71. The van der Waals surface area contributed by atoms with E-state index in [1.54, 1.807) is 18.2 Å². The number of rotatable bonds is 10. The number of aliphatic hydroxyl groups excluding tert-OH is 1. The van der Waals surface area contributed by atoms with Crippen molar-refractivity contribution in [2.45, 2.75) is 77.2 Å². The van der Waals surface area contributed by atoms with E-state index in [0.717, 1.165) is 56.9 Å². The number of hydrogen-bond acceptors (Lipinski definition) is 3. The van der Waals surface area contributed by atoms with E-state index in [9.17, 15) is 10.2 Å². The van der Waals surface area contributed by atoms with Gasteiger partial charge in [0.15, 0.2) is 11.5 Å². The Kier molecular flexibility index (Phi) is 11.9. The van der Waals surface area contributed by atoms with E-state index in [1.807, 2.05) is 0 Å². The van der Waals surface area contributed by atoms with Gasteiger partial charge in [-0.2, -0.15) is 0 Å². The van der Waals surface area contributed by atoms with Crippen molar-refractivity contribution in [2.24, 2.45) is 0 Å². The number of phenols is 1. The molecular weight excluding hydrogens is 324 g/mol. The smallest absolute Gasteiger partial charge is 0.161 e.